The van der Waals surface area contributed by atoms with Crippen LogP contribution in [0.5, 0.6) is 0 Å². The van der Waals surface area contributed by atoms with Crippen LogP contribution in [0.15, 0.2) is 60.7 Å². The molecule has 0 bridgehead atoms. The Morgan fingerprint density at radius 1 is 0.926 bits per heavy atom. The lowest BCUT2D eigenvalue weighted by molar-refractivity contribution is -0.134. The fraction of sp³-hybridized carbons (Fsp3) is 0.458. The third-order valence-corrected chi connectivity index (χ3v) is 5.52. The van der Waals surface area contributed by atoms with Crippen molar-refractivity contribution in [2.45, 2.75) is 45.7 Å². The monoisotopic (exact) mass is 364 g/mol. The number of benzene rings is 2. The molecule has 1 aliphatic heterocycles. The lowest BCUT2D eigenvalue weighted by atomic mass is 9.92. The number of carbonyl (C=O) groups excluding carboxylic acids is 1. The zero-order valence-electron chi connectivity index (χ0n) is 16.5. The maximum Gasteiger partial charge on any atom is 0.236 e. The van der Waals surface area contributed by atoms with Crippen LogP contribution in [0.2, 0.25) is 0 Å². The number of nitrogens with zero attached hydrogens (tertiary/aromatic N) is 2. The van der Waals surface area contributed by atoms with Crippen molar-refractivity contribution in [1.82, 2.24) is 9.80 Å². The molecule has 0 aromatic heterocycles. The summed E-state index contributed by atoms with van der Waals surface area (Å²) in [6.45, 7) is 6.19. The highest BCUT2D eigenvalue weighted by Crippen LogP contribution is 2.22. The second kappa shape index (κ2) is 10.3. The van der Waals surface area contributed by atoms with Crippen LogP contribution < -0.4 is 0 Å². The molecule has 0 aliphatic carbocycles. The molecule has 1 fully saturated rings. The Morgan fingerprint density at radius 3 is 1.93 bits per heavy atom. The predicted molar refractivity (Wildman–Crippen MR) is 111 cm³/mol. The van der Waals surface area contributed by atoms with Gasteiger partial charge in [0.2, 0.25) is 5.91 Å². The van der Waals surface area contributed by atoms with Crippen LogP contribution in [0.4, 0.5) is 0 Å². The Hall–Kier alpha value is -2.13. The van der Waals surface area contributed by atoms with Gasteiger partial charge in [-0.25, -0.2) is 0 Å². The van der Waals surface area contributed by atoms with Crippen molar-refractivity contribution in [2.24, 2.45) is 5.92 Å². The van der Waals surface area contributed by atoms with Crippen LogP contribution in [-0.4, -0.2) is 35.3 Å². The van der Waals surface area contributed by atoms with Crippen molar-refractivity contribution in [3.05, 3.63) is 71.8 Å². The molecule has 0 radical (unpaired) electrons. The second-order valence-electron chi connectivity index (χ2n) is 7.73. The minimum absolute atomic E-state index is 0.275. The van der Waals surface area contributed by atoms with E-state index in [0.717, 1.165) is 44.9 Å². The molecule has 2 aromatic carbocycles. The van der Waals surface area contributed by atoms with Crippen molar-refractivity contribution in [2.75, 3.05) is 19.6 Å². The molecule has 1 saturated heterocycles. The molecular weight excluding hydrogens is 332 g/mol. The number of hydrogen-bond donors (Lipinski definition) is 0. The van der Waals surface area contributed by atoms with Gasteiger partial charge in [0.25, 0.3) is 0 Å². The molecule has 0 saturated carbocycles. The highest BCUT2D eigenvalue weighted by molar-refractivity contribution is 5.78. The standard InChI is InChI=1S/C24H32N2O/c1-2-9-21-14-16-26(17-15-21)24(27)20-25(18-22-10-5-3-6-11-22)19-23-12-7-4-8-13-23/h3-8,10-13,21H,2,9,14-20H2,1H3. The normalized spacial score (nSPS) is 15.3. The highest BCUT2D eigenvalue weighted by Gasteiger charge is 2.23. The van der Waals surface area contributed by atoms with E-state index in [-0.39, 0.29) is 5.91 Å². The van der Waals surface area contributed by atoms with Crippen LogP contribution in [0.1, 0.15) is 43.7 Å². The molecule has 27 heavy (non-hydrogen) atoms. The molecule has 0 atom stereocenters. The van der Waals surface area contributed by atoms with Crippen molar-refractivity contribution in [1.29, 1.82) is 0 Å². The second-order valence-corrected chi connectivity index (χ2v) is 7.73. The first-order chi connectivity index (χ1) is 13.2. The topological polar surface area (TPSA) is 23.6 Å². The van der Waals surface area contributed by atoms with Crippen LogP contribution in [0, 0.1) is 5.92 Å². The van der Waals surface area contributed by atoms with E-state index < -0.39 is 0 Å². The van der Waals surface area contributed by atoms with Gasteiger partial charge in [0.05, 0.1) is 6.54 Å². The molecule has 3 nitrogen and oxygen atoms in total. The zero-order valence-corrected chi connectivity index (χ0v) is 16.5. The first-order valence-corrected chi connectivity index (χ1v) is 10.3. The largest absolute Gasteiger partial charge is 0.342 e. The molecule has 144 valence electrons. The van der Waals surface area contributed by atoms with Crippen LogP contribution >= 0.6 is 0 Å². The van der Waals surface area contributed by atoms with Crippen molar-refractivity contribution in [3.63, 3.8) is 0 Å². The summed E-state index contributed by atoms with van der Waals surface area (Å²) in [6.07, 6.45) is 4.88. The summed E-state index contributed by atoms with van der Waals surface area (Å²) in [5.41, 5.74) is 2.51. The number of piperidine rings is 1. The summed E-state index contributed by atoms with van der Waals surface area (Å²) in [5, 5.41) is 0. The Balaban J connectivity index is 1.61. The van der Waals surface area contributed by atoms with E-state index >= 15 is 0 Å². The first-order valence-electron chi connectivity index (χ1n) is 10.3. The molecular formula is C24H32N2O. The third-order valence-electron chi connectivity index (χ3n) is 5.52. The summed E-state index contributed by atoms with van der Waals surface area (Å²) in [6, 6.07) is 20.9. The van der Waals surface area contributed by atoms with Gasteiger partial charge in [0.1, 0.15) is 0 Å². The van der Waals surface area contributed by atoms with Gasteiger partial charge < -0.3 is 4.90 Å². The average molecular weight is 365 g/mol. The Labute approximate surface area is 164 Å². The number of likely N-dealkylation sites (tertiary alicyclic amines) is 1. The molecule has 1 heterocycles. The van der Waals surface area contributed by atoms with E-state index in [4.69, 9.17) is 0 Å². The Kier molecular flexibility index (Phi) is 7.46. The van der Waals surface area contributed by atoms with Gasteiger partial charge in [-0.05, 0) is 29.9 Å². The number of carbonyl (C=O) groups is 1. The van der Waals surface area contributed by atoms with Gasteiger partial charge in [0.15, 0.2) is 0 Å². The van der Waals surface area contributed by atoms with E-state index in [2.05, 4.69) is 65.3 Å². The van der Waals surface area contributed by atoms with E-state index in [1.807, 2.05) is 12.1 Å². The minimum Gasteiger partial charge on any atom is -0.342 e. The molecule has 2 aromatic rings. The molecule has 0 spiro atoms. The van der Waals surface area contributed by atoms with Crippen LogP contribution in [0.25, 0.3) is 0 Å². The van der Waals surface area contributed by atoms with Gasteiger partial charge in [-0.2, -0.15) is 0 Å². The smallest absolute Gasteiger partial charge is 0.236 e. The zero-order chi connectivity index (χ0) is 18.9. The van der Waals surface area contributed by atoms with Gasteiger partial charge in [0, 0.05) is 26.2 Å². The summed E-state index contributed by atoms with van der Waals surface area (Å²) < 4.78 is 0. The first kappa shape index (κ1) is 19.6. The molecule has 0 N–H and O–H groups in total. The fourth-order valence-electron chi connectivity index (χ4n) is 4.02. The molecule has 3 heteroatoms. The van der Waals surface area contributed by atoms with E-state index in [1.54, 1.807) is 0 Å². The van der Waals surface area contributed by atoms with Gasteiger partial charge in [-0.3, -0.25) is 9.69 Å². The van der Waals surface area contributed by atoms with E-state index in [1.165, 1.54) is 24.0 Å². The van der Waals surface area contributed by atoms with Crippen molar-refractivity contribution >= 4 is 5.91 Å². The minimum atomic E-state index is 0.275. The van der Waals surface area contributed by atoms with Crippen molar-refractivity contribution < 1.29 is 4.79 Å². The average Bonchev–Trinajstić information content (AvgIpc) is 2.70. The maximum absolute atomic E-state index is 12.9. The van der Waals surface area contributed by atoms with Crippen LogP contribution in [0.3, 0.4) is 0 Å². The highest BCUT2D eigenvalue weighted by atomic mass is 16.2. The summed E-state index contributed by atoms with van der Waals surface area (Å²) in [4.78, 5) is 17.3. The van der Waals surface area contributed by atoms with E-state index in [0.29, 0.717) is 6.54 Å². The van der Waals surface area contributed by atoms with Gasteiger partial charge in [-0.15, -0.1) is 0 Å². The third kappa shape index (κ3) is 6.21. The molecule has 3 rings (SSSR count). The number of hydrogen-bond acceptors (Lipinski definition) is 2. The molecule has 0 unspecified atom stereocenters. The lowest BCUT2D eigenvalue weighted by Gasteiger charge is -2.33. The fourth-order valence-corrected chi connectivity index (χ4v) is 4.02. The van der Waals surface area contributed by atoms with E-state index in [9.17, 15) is 4.79 Å². The Morgan fingerprint density at radius 2 is 1.44 bits per heavy atom. The quantitative estimate of drug-likeness (QED) is 0.676. The summed E-state index contributed by atoms with van der Waals surface area (Å²) in [5.74, 6) is 1.08. The number of rotatable bonds is 8. The van der Waals surface area contributed by atoms with Gasteiger partial charge >= 0.3 is 0 Å². The summed E-state index contributed by atoms with van der Waals surface area (Å²) in [7, 11) is 0. The Bertz CT molecular complexity index is 637. The van der Waals surface area contributed by atoms with Crippen LogP contribution in [-0.2, 0) is 17.9 Å². The van der Waals surface area contributed by atoms with Crippen molar-refractivity contribution in [3.8, 4) is 0 Å². The molecule has 1 amide bonds. The summed E-state index contributed by atoms with van der Waals surface area (Å²) >= 11 is 0. The lowest BCUT2D eigenvalue weighted by Crippen LogP contribution is -2.43. The van der Waals surface area contributed by atoms with Gasteiger partial charge in [-0.1, -0.05) is 80.4 Å². The predicted octanol–water partition coefficient (Wildman–Crippen LogP) is 4.73. The number of amides is 1. The SMILES string of the molecule is CCCC1CCN(C(=O)CN(Cc2ccccc2)Cc2ccccc2)CC1. The maximum atomic E-state index is 12.9. The molecule has 1 aliphatic rings.